The van der Waals surface area contributed by atoms with Gasteiger partial charge in [0, 0.05) is 6.54 Å². The van der Waals surface area contributed by atoms with E-state index in [-0.39, 0.29) is 24.5 Å². The van der Waals surface area contributed by atoms with Gasteiger partial charge in [0.05, 0.1) is 31.0 Å². The number of nitrogens with one attached hydrogen (secondary N) is 1. The number of hydrogen-bond donors (Lipinski definition) is 1. The Kier molecular flexibility index (Phi) is 3.62. The number of amides is 2. The fourth-order valence-electron chi connectivity index (χ4n) is 4.61. The molecule has 140 valence electrons. The van der Waals surface area contributed by atoms with Gasteiger partial charge in [0.15, 0.2) is 5.58 Å². The number of ether oxygens (including phenoxy) is 1. The average Bonchev–Trinajstić information content (AvgIpc) is 3.39. The first-order valence-electron chi connectivity index (χ1n) is 9.39. The molecule has 0 unspecified atom stereocenters. The summed E-state index contributed by atoms with van der Waals surface area (Å²) in [6, 6.07) is 7.47. The van der Waals surface area contributed by atoms with E-state index in [9.17, 15) is 9.59 Å². The van der Waals surface area contributed by atoms with Crippen molar-refractivity contribution in [3.63, 3.8) is 0 Å². The van der Waals surface area contributed by atoms with Crippen molar-refractivity contribution < 1.29 is 18.7 Å². The number of fused-ring (bicyclic) bond motifs is 2. The maximum absolute atomic E-state index is 12.9. The van der Waals surface area contributed by atoms with Crippen LogP contribution in [0.5, 0.6) is 0 Å². The topological polar surface area (TPSA) is 84.7 Å². The fourth-order valence-corrected chi connectivity index (χ4v) is 4.61. The SMILES string of the molecule is CCCN1C[C@@]23C=C[C@@H](O2)[C@@H](C(=O)NCc2nc4ccccc4o2)[C@H]3C1=O. The third-order valence-corrected chi connectivity index (χ3v) is 5.73. The summed E-state index contributed by atoms with van der Waals surface area (Å²) in [5.41, 5.74) is 0.803. The van der Waals surface area contributed by atoms with Gasteiger partial charge in [0.2, 0.25) is 17.7 Å². The molecule has 3 aliphatic heterocycles. The van der Waals surface area contributed by atoms with E-state index < -0.39 is 17.4 Å². The second-order valence-corrected chi connectivity index (χ2v) is 7.45. The third-order valence-electron chi connectivity index (χ3n) is 5.73. The van der Waals surface area contributed by atoms with Gasteiger partial charge >= 0.3 is 0 Å². The summed E-state index contributed by atoms with van der Waals surface area (Å²) >= 11 is 0. The first-order valence-corrected chi connectivity index (χ1v) is 9.39. The molecule has 27 heavy (non-hydrogen) atoms. The van der Waals surface area contributed by atoms with Crippen LogP contribution in [-0.2, 0) is 20.9 Å². The zero-order valence-corrected chi connectivity index (χ0v) is 15.1. The highest BCUT2D eigenvalue weighted by atomic mass is 16.5. The monoisotopic (exact) mass is 367 g/mol. The van der Waals surface area contributed by atoms with Gasteiger partial charge in [0.25, 0.3) is 0 Å². The normalized spacial score (nSPS) is 31.1. The number of benzene rings is 1. The molecule has 1 aromatic carbocycles. The molecule has 4 heterocycles. The quantitative estimate of drug-likeness (QED) is 0.812. The molecule has 7 nitrogen and oxygen atoms in total. The number of aromatic nitrogens is 1. The van der Waals surface area contributed by atoms with Gasteiger partial charge in [0.1, 0.15) is 11.1 Å². The molecule has 1 spiro atoms. The molecule has 2 bridgehead atoms. The summed E-state index contributed by atoms with van der Waals surface area (Å²) < 4.78 is 11.7. The number of hydrogen-bond acceptors (Lipinski definition) is 5. The van der Waals surface area contributed by atoms with Crippen molar-refractivity contribution in [1.29, 1.82) is 0 Å². The second-order valence-electron chi connectivity index (χ2n) is 7.45. The lowest BCUT2D eigenvalue weighted by molar-refractivity contribution is -0.137. The van der Waals surface area contributed by atoms with Crippen molar-refractivity contribution in [1.82, 2.24) is 15.2 Å². The summed E-state index contributed by atoms with van der Waals surface area (Å²) in [6.07, 6.45) is 4.44. The van der Waals surface area contributed by atoms with Crippen LogP contribution in [0.25, 0.3) is 11.1 Å². The van der Waals surface area contributed by atoms with Gasteiger partial charge in [-0.05, 0) is 18.6 Å². The van der Waals surface area contributed by atoms with E-state index in [4.69, 9.17) is 9.15 Å². The summed E-state index contributed by atoms with van der Waals surface area (Å²) in [7, 11) is 0. The predicted octanol–water partition coefficient (Wildman–Crippen LogP) is 1.64. The molecule has 0 saturated carbocycles. The molecule has 1 N–H and O–H groups in total. The first-order chi connectivity index (χ1) is 13.1. The zero-order chi connectivity index (χ0) is 18.6. The number of likely N-dealkylation sites (tertiary alicyclic amines) is 1. The van der Waals surface area contributed by atoms with Crippen LogP contribution < -0.4 is 5.32 Å². The molecule has 2 aromatic rings. The van der Waals surface area contributed by atoms with E-state index in [0.717, 1.165) is 11.9 Å². The summed E-state index contributed by atoms with van der Waals surface area (Å²) in [6.45, 7) is 3.45. The van der Waals surface area contributed by atoms with Crippen LogP contribution in [0, 0.1) is 11.8 Å². The molecule has 5 rings (SSSR count). The van der Waals surface area contributed by atoms with Crippen LogP contribution >= 0.6 is 0 Å². The molecule has 2 amide bonds. The Morgan fingerprint density at radius 2 is 2.26 bits per heavy atom. The average molecular weight is 367 g/mol. The maximum atomic E-state index is 12.9. The highest BCUT2D eigenvalue weighted by Crippen LogP contribution is 2.51. The van der Waals surface area contributed by atoms with Crippen LogP contribution in [0.3, 0.4) is 0 Å². The minimum atomic E-state index is -0.642. The van der Waals surface area contributed by atoms with Crippen molar-refractivity contribution >= 4 is 22.9 Å². The van der Waals surface area contributed by atoms with Crippen molar-refractivity contribution in [2.75, 3.05) is 13.1 Å². The standard InChI is InChI=1S/C20H21N3O4/c1-2-9-23-11-20-8-7-14(27-20)16(17(20)19(23)25)18(24)21-10-15-22-12-5-3-4-6-13(12)26-15/h3-8,14,16-17H,2,9-11H2,1H3,(H,21,24)/t14-,16-,17+,20-/m1/s1. The van der Waals surface area contributed by atoms with Gasteiger partial charge in [-0.25, -0.2) is 4.98 Å². The van der Waals surface area contributed by atoms with E-state index in [1.807, 2.05) is 48.2 Å². The Morgan fingerprint density at radius 1 is 1.41 bits per heavy atom. The minimum absolute atomic E-state index is 0.0192. The lowest BCUT2D eigenvalue weighted by Gasteiger charge is -2.23. The number of rotatable bonds is 5. The minimum Gasteiger partial charge on any atom is -0.439 e. The van der Waals surface area contributed by atoms with E-state index >= 15 is 0 Å². The second kappa shape index (κ2) is 5.92. The number of para-hydroxylation sites is 2. The predicted molar refractivity (Wildman–Crippen MR) is 96.5 cm³/mol. The van der Waals surface area contributed by atoms with Crippen molar-refractivity contribution in [2.24, 2.45) is 11.8 Å². The van der Waals surface area contributed by atoms with E-state index in [1.54, 1.807) is 0 Å². The van der Waals surface area contributed by atoms with Gasteiger partial charge < -0.3 is 19.4 Å². The van der Waals surface area contributed by atoms with Crippen molar-refractivity contribution in [3.8, 4) is 0 Å². The third kappa shape index (κ3) is 2.41. The fraction of sp³-hybridized carbons (Fsp3) is 0.450. The van der Waals surface area contributed by atoms with Crippen molar-refractivity contribution in [3.05, 3.63) is 42.3 Å². The summed E-state index contributed by atoms with van der Waals surface area (Å²) in [4.78, 5) is 32.0. The van der Waals surface area contributed by atoms with Gasteiger partial charge in [-0.1, -0.05) is 31.2 Å². The van der Waals surface area contributed by atoms with Crippen molar-refractivity contribution in [2.45, 2.75) is 31.6 Å². The molecule has 7 heteroatoms. The molecule has 1 aromatic heterocycles. The van der Waals surface area contributed by atoms with Crippen LogP contribution in [0.2, 0.25) is 0 Å². The summed E-state index contributed by atoms with van der Waals surface area (Å²) in [5, 5.41) is 2.88. The number of carbonyl (C=O) groups is 2. The molecular weight excluding hydrogens is 346 g/mol. The van der Waals surface area contributed by atoms with Crippen LogP contribution in [-0.4, -0.2) is 46.5 Å². The Bertz CT molecular complexity index is 919. The van der Waals surface area contributed by atoms with Crippen LogP contribution in [0.1, 0.15) is 19.2 Å². The molecule has 2 fully saturated rings. The molecule has 3 aliphatic rings. The highest BCUT2D eigenvalue weighted by Gasteiger charge is 2.66. The van der Waals surface area contributed by atoms with Crippen LogP contribution in [0.4, 0.5) is 0 Å². The lowest BCUT2D eigenvalue weighted by Crippen LogP contribution is -2.44. The van der Waals surface area contributed by atoms with Gasteiger partial charge in [-0.2, -0.15) is 0 Å². The highest BCUT2D eigenvalue weighted by molar-refractivity contribution is 5.93. The molecule has 4 atom stereocenters. The zero-order valence-electron chi connectivity index (χ0n) is 15.1. The van der Waals surface area contributed by atoms with E-state index in [2.05, 4.69) is 10.3 Å². The number of nitrogens with zero attached hydrogens (tertiary/aromatic N) is 2. The van der Waals surface area contributed by atoms with Gasteiger partial charge in [-0.3, -0.25) is 9.59 Å². The largest absolute Gasteiger partial charge is 0.439 e. The lowest BCUT2D eigenvalue weighted by atomic mass is 9.77. The first kappa shape index (κ1) is 16.5. The Hall–Kier alpha value is -2.67. The molecular formula is C20H21N3O4. The Balaban J connectivity index is 1.33. The molecule has 2 saturated heterocycles. The summed E-state index contributed by atoms with van der Waals surface area (Å²) in [5.74, 6) is -0.670. The van der Waals surface area contributed by atoms with E-state index in [1.165, 1.54) is 0 Å². The number of oxazole rings is 1. The van der Waals surface area contributed by atoms with E-state index in [0.29, 0.717) is 24.6 Å². The molecule has 0 aliphatic carbocycles. The Morgan fingerprint density at radius 3 is 3.07 bits per heavy atom. The maximum Gasteiger partial charge on any atom is 0.230 e. The van der Waals surface area contributed by atoms with Gasteiger partial charge in [-0.15, -0.1) is 0 Å². The van der Waals surface area contributed by atoms with Crippen LogP contribution in [0.15, 0.2) is 40.8 Å². The molecule has 0 radical (unpaired) electrons. The smallest absolute Gasteiger partial charge is 0.230 e. The Labute approximate surface area is 156 Å². The number of carbonyl (C=O) groups excluding carboxylic acids is 2.